The number of fused-ring (bicyclic) bond motifs is 1. The van der Waals surface area contributed by atoms with Gasteiger partial charge in [-0.05, 0) is 31.0 Å². The molecule has 1 amide bonds. The van der Waals surface area contributed by atoms with Crippen molar-refractivity contribution in [2.45, 2.75) is 45.8 Å². The minimum absolute atomic E-state index is 0.0833. The molecular formula is C23H26N6O2. The van der Waals surface area contributed by atoms with Gasteiger partial charge in [0, 0.05) is 19.5 Å². The predicted octanol–water partition coefficient (Wildman–Crippen LogP) is 2.94. The van der Waals surface area contributed by atoms with Crippen LogP contribution >= 0.6 is 0 Å². The summed E-state index contributed by atoms with van der Waals surface area (Å²) in [5.74, 6) is 1.02. The van der Waals surface area contributed by atoms with Gasteiger partial charge in [0.1, 0.15) is 11.9 Å². The van der Waals surface area contributed by atoms with Crippen LogP contribution < -0.4 is 11.0 Å². The lowest BCUT2D eigenvalue weighted by Gasteiger charge is -2.16. The summed E-state index contributed by atoms with van der Waals surface area (Å²) in [4.78, 5) is 30.2. The Morgan fingerprint density at radius 2 is 1.68 bits per heavy atom. The lowest BCUT2D eigenvalue weighted by Crippen LogP contribution is -2.32. The summed E-state index contributed by atoms with van der Waals surface area (Å²) in [7, 11) is 0. The largest absolute Gasteiger partial charge is 0.342 e. The normalized spacial score (nSPS) is 12.2. The number of nitrogens with one attached hydrogen (secondary N) is 2. The van der Waals surface area contributed by atoms with E-state index in [0.717, 1.165) is 23.0 Å². The SMILES string of the molecule is CCCn1c(=O)n(CCC(=O)N[C@H](c2ccccc2)c2n[nH]c(C)n2)c2ccccc21. The van der Waals surface area contributed by atoms with E-state index in [1.54, 1.807) is 9.13 Å². The maximum absolute atomic E-state index is 12.9. The quantitative estimate of drug-likeness (QED) is 0.460. The summed E-state index contributed by atoms with van der Waals surface area (Å²) >= 11 is 0. The fraction of sp³-hybridized carbons (Fsp3) is 0.304. The first kappa shape index (κ1) is 20.6. The number of carbonyl (C=O) groups is 1. The molecule has 0 unspecified atom stereocenters. The highest BCUT2D eigenvalue weighted by Gasteiger charge is 2.21. The number of hydrogen-bond acceptors (Lipinski definition) is 4. The van der Waals surface area contributed by atoms with Crippen LogP contribution in [0.25, 0.3) is 11.0 Å². The fourth-order valence-electron chi connectivity index (χ4n) is 3.81. The number of benzene rings is 2. The zero-order valence-corrected chi connectivity index (χ0v) is 17.7. The van der Waals surface area contributed by atoms with Gasteiger partial charge in [0.2, 0.25) is 5.91 Å². The van der Waals surface area contributed by atoms with E-state index in [1.807, 2.05) is 68.4 Å². The van der Waals surface area contributed by atoms with E-state index >= 15 is 0 Å². The van der Waals surface area contributed by atoms with Crippen LogP contribution in [0.5, 0.6) is 0 Å². The number of H-pyrrole nitrogens is 1. The molecule has 2 heterocycles. The van der Waals surface area contributed by atoms with E-state index < -0.39 is 6.04 Å². The van der Waals surface area contributed by atoms with Gasteiger partial charge in [-0.1, -0.05) is 49.4 Å². The number of rotatable bonds is 8. The molecular weight excluding hydrogens is 392 g/mol. The molecule has 0 bridgehead atoms. The van der Waals surface area contributed by atoms with Crippen LogP contribution in [0.1, 0.15) is 43.0 Å². The van der Waals surface area contributed by atoms with Crippen molar-refractivity contribution in [2.24, 2.45) is 0 Å². The van der Waals surface area contributed by atoms with Crippen LogP contribution in [0.3, 0.4) is 0 Å². The highest BCUT2D eigenvalue weighted by Crippen LogP contribution is 2.19. The molecule has 8 nitrogen and oxygen atoms in total. The number of carbonyl (C=O) groups excluding carboxylic acids is 1. The second kappa shape index (κ2) is 8.99. The number of hydrogen-bond donors (Lipinski definition) is 2. The molecule has 0 aliphatic heterocycles. The topological polar surface area (TPSA) is 97.6 Å². The average Bonchev–Trinajstić information content (AvgIpc) is 3.33. The molecule has 160 valence electrons. The van der Waals surface area contributed by atoms with Gasteiger partial charge in [0.25, 0.3) is 0 Å². The minimum atomic E-state index is -0.461. The van der Waals surface area contributed by atoms with Crippen molar-refractivity contribution in [1.29, 1.82) is 0 Å². The van der Waals surface area contributed by atoms with E-state index in [2.05, 4.69) is 20.5 Å². The first-order chi connectivity index (χ1) is 15.1. The maximum atomic E-state index is 12.9. The van der Waals surface area contributed by atoms with Crippen LogP contribution in [-0.4, -0.2) is 30.2 Å². The third kappa shape index (κ3) is 4.28. The van der Waals surface area contributed by atoms with Gasteiger partial charge in [0.15, 0.2) is 5.82 Å². The molecule has 8 heteroatoms. The second-order valence-electron chi connectivity index (χ2n) is 7.51. The van der Waals surface area contributed by atoms with E-state index in [4.69, 9.17) is 0 Å². The molecule has 4 rings (SSSR count). The van der Waals surface area contributed by atoms with Gasteiger partial charge in [-0.15, -0.1) is 0 Å². The number of aromatic amines is 1. The van der Waals surface area contributed by atoms with E-state index in [9.17, 15) is 9.59 Å². The van der Waals surface area contributed by atoms with Crippen LogP contribution in [-0.2, 0) is 17.9 Å². The summed E-state index contributed by atoms with van der Waals surface area (Å²) in [5.41, 5.74) is 2.55. The Kier molecular flexibility index (Phi) is 5.97. The summed E-state index contributed by atoms with van der Waals surface area (Å²) in [6.07, 6.45) is 1.04. The molecule has 0 radical (unpaired) electrons. The third-order valence-electron chi connectivity index (χ3n) is 5.25. The lowest BCUT2D eigenvalue weighted by atomic mass is 10.1. The number of nitrogens with zero attached hydrogens (tertiary/aromatic N) is 4. The van der Waals surface area contributed by atoms with E-state index in [1.165, 1.54) is 0 Å². The molecule has 0 saturated heterocycles. The molecule has 0 spiro atoms. The third-order valence-corrected chi connectivity index (χ3v) is 5.25. The Hall–Kier alpha value is -3.68. The highest BCUT2D eigenvalue weighted by atomic mass is 16.2. The Morgan fingerprint density at radius 1 is 1.03 bits per heavy atom. The van der Waals surface area contributed by atoms with Gasteiger partial charge in [0.05, 0.1) is 11.0 Å². The summed E-state index contributed by atoms with van der Waals surface area (Å²) in [5, 5.41) is 10.1. The number of imidazole rings is 1. The summed E-state index contributed by atoms with van der Waals surface area (Å²) in [6.45, 7) is 4.81. The van der Waals surface area contributed by atoms with Crippen molar-refractivity contribution < 1.29 is 4.79 Å². The van der Waals surface area contributed by atoms with Crippen molar-refractivity contribution in [3.8, 4) is 0 Å². The first-order valence-electron chi connectivity index (χ1n) is 10.5. The Morgan fingerprint density at radius 3 is 2.29 bits per heavy atom. The standard InChI is InChI=1S/C23H26N6O2/c1-3-14-28-18-11-7-8-12-19(18)29(23(28)31)15-13-20(30)25-21(17-9-5-4-6-10-17)22-24-16(2)26-27-22/h4-12,21H,3,13-15H2,1-2H3,(H,25,30)(H,24,26,27)/t21-/m1/s1. The van der Waals surface area contributed by atoms with Crippen molar-refractivity contribution in [3.63, 3.8) is 0 Å². The van der Waals surface area contributed by atoms with Crippen molar-refractivity contribution >= 4 is 16.9 Å². The molecule has 2 aromatic carbocycles. The molecule has 4 aromatic rings. The van der Waals surface area contributed by atoms with E-state index in [-0.39, 0.29) is 18.0 Å². The monoisotopic (exact) mass is 418 g/mol. The zero-order chi connectivity index (χ0) is 21.8. The minimum Gasteiger partial charge on any atom is -0.342 e. The Balaban J connectivity index is 1.55. The van der Waals surface area contributed by atoms with Crippen LogP contribution in [0.4, 0.5) is 0 Å². The molecule has 1 atom stereocenters. The van der Waals surface area contributed by atoms with Crippen LogP contribution in [0.15, 0.2) is 59.4 Å². The van der Waals surface area contributed by atoms with Crippen LogP contribution in [0, 0.1) is 6.92 Å². The lowest BCUT2D eigenvalue weighted by molar-refractivity contribution is -0.121. The summed E-state index contributed by atoms with van der Waals surface area (Å²) < 4.78 is 3.45. The van der Waals surface area contributed by atoms with Gasteiger partial charge < -0.3 is 5.32 Å². The number of aryl methyl sites for hydroxylation is 3. The summed E-state index contributed by atoms with van der Waals surface area (Å²) in [6, 6.07) is 16.8. The predicted molar refractivity (Wildman–Crippen MR) is 119 cm³/mol. The zero-order valence-electron chi connectivity index (χ0n) is 17.7. The molecule has 2 N–H and O–H groups in total. The molecule has 0 aliphatic rings. The number of aromatic nitrogens is 5. The van der Waals surface area contributed by atoms with Crippen molar-refractivity contribution in [2.75, 3.05) is 0 Å². The number of amides is 1. The van der Waals surface area contributed by atoms with Gasteiger partial charge >= 0.3 is 5.69 Å². The smallest absolute Gasteiger partial charge is 0.329 e. The average molecular weight is 419 g/mol. The molecule has 0 aliphatic carbocycles. The molecule has 31 heavy (non-hydrogen) atoms. The van der Waals surface area contributed by atoms with Crippen LogP contribution in [0.2, 0.25) is 0 Å². The first-order valence-corrected chi connectivity index (χ1v) is 10.5. The van der Waals surface area contributed by atoms with Gasteiger partial charge in [-0.25, -0.2) is 9.78 Å². The van der Waals surface area contributed by atoms with Crippen molar-refractivity contribution in [3.05, 3.63) is 82.3 Å². The van der Waals surface area contributed by atoms with Gasteiger partial charge in [-0.2, -0.15) is 5.10 Å². The highest BCUT2D eigenvalue weighted by molar-refractivity contribution is 5.78. The molecule has 2 aromatic heterocycles. The molecule has 0 saturated carbocycles. The number of para-hydroxylation sites is 2. The second-order valence-corrected chi connectivity index (χ2v) is 7.51. The van der Waals surface area contributed by atoms with E-state index in [0.29, 0.717) is 24.7 Å². The maximum Gasteiger partial charge on any atom is 0.329 e. The fourth-order valence-corrected chi connectivity index (χ4v) is 3.81. The van der Waals surface area contributed by atoms with Crippen molar-refractivity contribution in [1.82, 2.24) is 29.6 Å². The van der Waals surface area contributed by atoms with Gasteiger partial charge in [-0.3, -0.25) is 19.0 Å². The molecule has 0 fully saturated rings. The Labute approximate surface area is 179 Å². The Bertz CT molecular complexity index is 1240.